The predicted molar refractivity (Wildman–Crippen MR) is 80.5 cm³/mol. The maximum absolute atomic E-state index is 4.04. The van der Waals surface area contributed by atoms with Crippen LogP contribution in [0.25, 0.3) is 0 Å². The van der Waals surface area contributed by atoms with Crippen LogP contribution in [0.15, 0.2) is 24.6 Å². The van der Waals surface area contributed by atoms with Gasteiger partial charge >= 0.3 is 0 Å². The predicted octanol–water partition coefficient (Wildman–Crippen LogP) is 3.98. The Morgan fingerprint density at radius 1 is 0.733 bits per heavy atom. The Bertz CT molecular complexity index is 231. The first kappa shape index (κ1) is 15.1. The van der Waals surface area contributed by atoms with Gasteiger partial charge in [-0.05, 0) is 0 Å². The molecule has 0 aromatic heterocycles. The zero-order valence-electron chi connectivity index (χ0n) is 11.5. The van der Waals surface area contributed by atoms with Crippen molar-refractivity contribution in [2.45, 2.75) is 45.8 Å². The zero-order chi connectivity index (χ0) is 12.5. The molecular formula is C11H27NSi3. The summed E-state index contributed by atoms with van der Waals surface area (Å²) in [5.74, 6) is 0. The molecule has 4 heteroatoms. The first-order valence-electron chi connectivity index (χ1n) is 5.56. The summed E-state index contributed by atoms with van der Waals surface area (Å²) in [4.78, 5) is 0. The zero-order valence-corrected chi connectivity index (χ0v) is 14.5. The standard InChI is InChI=1S/C11H27NSi3/c1-10-14(6,7)12(13(3,4)5)15(8,9)11-2/h10-11H,1-2H2,3-9H3. The second-order valence-corrected chi connectivity index (χ2v) is 20.7. The topological polar surface area (TPSA) is 3.24 Å². The third-order valence-electron chi connectivity index (χ3n) is 2.82. The molecule has 0 spiro atoms. The minimum absolute atomic E-state index is 1.29. The molecule has 0 N–H and O–H groups in total. The Morgan fingerprint density at radius 2 is 1.00 bits per heavy atom. The normalized spacial score (nSPS) is 14.1. The molecule has 0 fully saturated rings. The van der Waals surface area contributed by atoms with Gasteiger partial charge < -0.3 is 3.90 Å². The summed E-state index contributed by atoms with van der Waals surface area (Å²) < 4.78 is 2.85. The van der Waals surface area contributed by atoms with Crippen molar-refractivity contribution in [2.75, 3.05) is 0 Å². The molecule has 0 aliphatic rings. The largest absolute Gasteiger partial charge is 0.362 e. The van der Waals surface area contributed by atoms with Crippen LogP contribution in [-0.2, 0) is 0 Å². The van der Waals surface area contributed by atoms with Gasteiger partial charge in [0, 0.05) is 0 Å². The van der Waals surface area contributed by atoms with Crippen LogP contribution in [0.5, 0.6) is 0 Å². The van der Waals surface area contributed by atoms with Crippen LogP contribution in [0, 0.1) is 0 Å². The lowest BCUT2D eigenvalue weighted by Gasteiger charge is -2.51. The molecule has 0 heterocycles. The van der Waals surface area contributed by atoms with Crippen LogP contribution in [-0.4, -0.2) is 28.6 Å². The molecule has 0 bridgehead atoms. The second kappa shape index (κ2) is 4.53. The molecule has 0 amide bonds. The van der Waals surface area contributed by atoms with Gasteiger partial charge in [-0.25, -0.2) is 0 Å². The van der Waals surface area contributed by atoms with E-state index in [1.54, 1.807) is 0 Å². The van der Waals surface area contributed by atoms with Crippen molar-refractivity contribution in [2.24, 2.45) is 0 Å². The van der Waals surface area contributed by atoms with E-state index >= 15 is 0 Å². The molecule has 0 saturated heterocycles. The summed E-state index contributed by atoms with van der Waals surface area (Å²) in [7, 11) is -4.18. The van der Waals surface area contributed by atoms with Crippen molar-refractivity contribution in [3.63, 3.8) is 0 Å². The van der Waals surface area contributed by atoms with Gasteiger partial charge in [-0.2, -0.15) is 0 Å². The lowest BCUT2D eigenvalue weighted by Crippen LogP contribution is -2.69. The highest BCUT2D eigenvalue weighted by molar-refractivity contribution is 7.07. The van der Waals surface area contributed by atoms with E-state index in [0.717, 1.165) is 0 Å². The molecule has 0 aromatic rings. The van der Waals surface area contributed by atoms with E-state index < -0.39 is 24.7 Å². The maximum atomic E-state index is 4.04. The van der Waals surface area contributed by atoms with E-state index in [1.165, 1.54) is 0 Å². The van der Waals surface area contributed by atoms with Gasteiger partial charge in [-0.1, -0.05) is 57.2 Å². The fourth-order valence-corrected chi connectivity index (χ4v) is 23.9. The molecule has 0 radical (unpaired) electrons. The Morgan fingerprint density at radius 3 is 1.13 bits per heavy atom. The van der Waals surface area contributed by atoms with Gasteiger partial charge in [0.25, 0.3) is 0 Å². The number of nitrogens with zero attached hydrogens (tertiary/aromatic N) is 1. The van der Waals surface area contributed by atoms with Crippen molar-refractivity contribution in [1.29, 1.82) is 0 Å². The van der Waals surface area contributed by atoms with Crippen LogP contribution in [0.4, 0.5) is 0 Å². The fraction of sp³-hybridized carbons (Fsp3) is 0.636. The highest BCUT2D eigenvalue weighted by Crippen LogP contribution is 2.28. The lowest BCUT2D eigenvalue weighted by atomic mass is 11.3. The molecule has 1 nitrogen and oxygen atoms in total. The molecule has 0 atom stereocenters. The van der Waals surface area contributed by atoms with E-state index in [2.05, 4.69) is 74.3 Å². The maximum Gasteiger partial charge on any atom is 0.133 e. The Hall–Kier alpha value is 0.0906. The Balaban J connectivity index is 5.45. The third kappa shape index (κ3) is 3.55. The van der Waals surface area contributed by atoms with Gasteiger partial charge in [0.15, 0.2) is 0 Å². The van der Waals surface area contributed by atoms with Gasteiger partial charge in [0.1, 0.15) is 24.7 Å². The van der Waals surface area contributed by atoms with Crippen molar-refractivity contribution in [1.82, 2.24) is 3.90 Å². The molecule has 15 heavy (non-hydrogen) atoms. The van der Waals surface area contributed by atoms with Gasteiger partial charge in [0.2, 0.25) is 0 Å². The molecule has 0 saturated carbocycles. The molecule has 0 rings (SSSR count). The molecule has 0 aliphatic heterocycles. The van der Waals surface area contributed by atoms with Gasteiger partial charge in [0.05, 0.1) is 0 Å². The SMILES string of the molecule is C=C[Si](C)(C)N([Si](C)(C)C)[Si](C)(C)C=C. The van der Waals surface area contributed by atoms with E-state index in [-0.39, 0.29) is 0 Å². The number of hydrogen-bond donors (Lipinski definition) is 0. The monoisotopic (exact) mass is 257 g/mol. The summed E-state index contributed by atoms with van der Waals surface area (Å²) in [6.07, 6.45) is 0. The summed E-state index contributed by atoms with van der Waals surface area (Å²) in [5, 5.41) is 0. The first-order valence-corrected chi connectivity index (χ1v) is 15.1. The molecule has 0 aromatic carbocycles. The molecular weight excluding hydrogens is 230 g/mol. The summed E-state index contributed by atoms with van der Waals surface area (Å²) in [6, 6.07) is 0. The van der Waals surface area contributed by atoms with Crippen LogP contribution < -0.4 is 0 Å². The minimum Gasteiger partial charge on any atom is -0.362 e. The van der Waals surface area contributed by atoms with E-state index in [1.807, 2.05) is 0 Å². The van der Waals surface area contributed by atoms with Crippen molar-refractivity contribution < 1.29 is 0 Å². The van der Waals surface area contributed by atoms with Gasteiger partial charge in [-0.3, -0.25) is 0 Å². The van der Waals surface area contributed by atoms with Gasteiger partial charge in [-0.15, -0.1) is 13.2 Å². The highest BCUT2D eigenvalue weighted by atomic mass is 28.5. The van der Waals surface area contributed by atoms with E-state index in [0.29, 0.717) is 0 Å². The van der Waals surface area contributed by atoms with Crippen molar-refractivity contribution in [3.05, 3.63) is 24.6 Å². The quantitative estimate of drug-likeness (QED) is 0.673. The number of rotatable bonds is 5. The second-order valence-electron chi connectivity index (χ2n) is 6.22. The Kier molecular flexibility index (Phi) is 4.56. The number of hydrogen-bond acceptors (Lipinski definition) is 1. The highest BCUT2D eigenvalue weighted by Gasteiger charge is 2.44. The van der Waals surface area contributed by atoms with E-state index in [9.17, 15) is 0 Å². The summed E-state index contributed by atoms with van der Waals surface area (Å²) in [6.45, 7) is 25.0. The minimum atomic E-state index is -1.45. The molecule has 0 unspecified atom stereocenters. The average Bonchev–Trinajstić information content (AvgIpc) is 2.00. The molecule has 88 valence electrons. The van der Waals surface area contributed by atoms with E-state index in [4.69, 9.17) is 0 Å². The smallest absolute Gasteiger partial charge is 0.133 e. The van der Waals surface area contributed by atoms with Crippen molar-refractivity contribution in [3.8, 4) is 0 Å². The Labute approximate surface area is 99.2 Å². The third-order valence-corrected chi connectivity index (χ3v) is 19.4. The first-order chi connectivity index (χ1) is 6.49. The summed E-state index contributed by atoms with van der Waals surface area (Å²) >= 11 is 0. The van der Waals surface area contributed by atoms with Crippen molar-refractivity contribution >= 4 is 24.7 Å². The fourth-order valence-electron chi connectivity index (χ4n) is 2.65. The van der Waals surface area contributed by atoms with Crippen LogP contribution in [0.2, 0.25) is 45.8 Å². The van der Waals surface area contributed by atoms with Crippen LogP contribution in [0.1, 0.15) is 0 Å². The summed E-state index contributed by atoms with van der Waals surface area (Å²) in [5.41, 5.74) is 4.42. The van der Waals surface area contributed by atoms with Crippen LogP contribution >= 0.6 is 0 Å². The lowest BCUT2D eigenvalue weighted by molar-refractivity contribution is 0.917. The molecule has 0 aliphatic carbocycles. The average molecular weight is 258 g/mol. The van der Waals surface area contributed by atoms with Crippen LogP contribution in [0.3, 0.4) is 0 Å².